The van der Waals surface area contributed by atoms with Crippen molar-refractivity contribution >= 4 is 39.3 Å². The number of ether oxygens (including phenoxy) is 1. The number of thioether (sulfide) groups is 1. The molecule has 0 aliphatic rings. The van der Waals surface area contributed by atoms with Gasteiger partial charge in [-0.15, -0.1) is 11.3 Å². The van der Waals surface area contributed by atoms with Crippen molar-refractivity contribution in [3.63, 3.8) is 0 Å². The summed E-state index contributed by atoms with van der Waals surface area (Å²) in [5.74, 6) is -0.240. The SMILES string of the molecule is CCOC(=O)C(C)(Sc1nc2ccccc2s1)c1ccccc1. The molecule has 2 aromatic carbocycles. The molecule has 0 aliphatic carbocycles. The van der Waals surface area contributed by atoms with Crippen molar-refractivity contribution < 1.29 is 9.53 Å². The Morgan fingerprint density at radius 2 is 1.87 bits per heavy atom. The lowest BCUT2D eigenvalue weighted by Crippen LogP contribution is -2.31. The minimum absolute atomic E-state index is 0.240. The highest BCUT2D eigenvalue weighted by molar-refractivity contribution is 8.02. The number of fused-ring (bicyclic) bond motifs is 1. The van der Waals surface area contributed by atoms with Crippen LogP contribution in [0.4, 0.5) is 0 Å². The van der Waals surface area contributed by atoms with Crippen LogP contribution in [0.15, 0.2) is 58.9 Å². The van der Waals surface area contributed by atoms with E-state index in [9.17, 15) is 4.79 Å². The van der Waals surface area contributed by atoms with Gasteiger partial charge < -0.3 is 4.74 Å². The van der Waals surface area contributed by atoms with Crippen LogP contribution in [0.2, 0.25) is 0 Å². The van der Waals surface area contributed by atoms with E-state index in [1.54, 1.807) is 11.3 Å². The summed E-state index contributed by atoms with van der Waals surface area (Å²) >= 11 is 3.05. The van der Waals surface area contributed by atoms with E-state index in [2.05, 4.69) is 4.98 Å². The number of carbonyl (C=O) groups is 1. The Hall–Kier alpha value is -1.85. The fraction of sp³-hybridized carbons (Fsp3) is 0.222. The summed E-state index contributed by atoms with van der Waals surface area (Å²) < 4.78 is 6.50. The van der Waals surface area contributed by atoms with Crippen LogP contribution in [0, 0.1) is 0 Å². The Morgan fingerprint density at radius 1 is 1.17 bits per heavy atom. The topological polar surface area (TPSA) is 39.2 Å². The standard InChI is InChI=1S/C18H17NO2S2/c1-3-21-16(20)18(2,13-9-5-4-6-10-13)23-17-19-14-11-7-8-12-15(14)22-17/h4-12H,3H2,1-2H3. The lowest BCUT2D eigenvalue weighted by molar-refractivity contribution is -0.145. The normalized spacial score (nSPS) is 13.7. The molecule has 118 valence electrons. The summed E-state index contributed by atoms with van der Waals surface area (Å²) in [4.78, 5) is 17.3. The number of benzene rings is 2. The second kappa shape index (κ2) is 6.72. The summed E-state index contributed by atoms with van der Waals surface area (Å²) in [5, 5.41) is 0. The average Bonchev–Trinajstić information content (AvgIpc) is 2.97. The van der Waals surface area contributed by atoms with Gasteiger partial charge in [0.25, 0.3) is 0 Å². The predicted molar refractivity (Wildman–Crippen MR) is 95.9 cm³/mol. The maximum absolute atomic E-state index is 12.6. The highest BCUT2D eigenvalue weighted by Gasteiger charge is 2.39. The van der Waals surface area contributed by atoms with Gasteiger partial charge in [0.1, 0.15) is 4.75 Å². The summed E-state index contributed by atoms with van der Waals surface area (Å²) in [6.07, 6.45) is 0. The van der Waals surface area contributed by atoms with E-state index in [-0.39, 0.29) is 5.97 Å². The van der Waals surface area contributed by atoms with Crippen molar-refractivity contribution in [1.82, 2.24) is 4.98 Å². The zero-order chi connectivity index (χ0) is 16.3. The Balaban J connectivity index is 2.00. The Morgan fingerprint density at radius 3 is 2.57 bits per heavy atom. The smallest absolute Gasteiger partial charge is 0.326 e. The summed E-state index contributed by atoms with van der Waals surface area (Å²) in [7, 11) is 0. The highest BCUT2D eigenvalue weighted by atomic mass is 32.2. The van der Waals surface area contributed by atoms with Crippen molar-refractivity contribution in [3.8, 4) is 0 Å². The first-order valence-electron chi connectivity index (χ1n) is 7.41. The van der Waals surface area contributed by atoms with Crippen molar-refractivity contribution in [2.24, 2.45) is 0 Å². The van der Waals surface area contributed by atoms with Crippen molar-refractivity contribution in [1.29, 1.82) is 0 Å². The van der Waals surface area contributed by atoms with Crippen molar-refractivity contribution in [2.75, 3.05) is 6.61 Å². The number of hydrogen-bond donors (Lipinski definition) is 0. The lowest BCUT2D eigenvalue weighted by Gasteiger charge is -2.26. The molecular formula is C18H17NO2S2. The van der Waals surface area contributed by atoms with Gasteiger partial charge in [0.05, 0.1) is 16.8 Å². The molecule has 0 radical (unpaired) electrons. The average molecular weight is 343 g/mol. The van der Waals surface area contributed by atoms with E-state index in [0.717, 1.165) is 20.1 Å². The van der Waals surface area contributed by atoms with Gasteiger partial charge in [0.2, 0.25) is 0 Å². The van der Waals surface area contributed by atoms with Crippen LogP contribution in [-0.4, -0.2) is 17.6 Å². The van der Waals surface area contributed by atoms with Crippen LogP contribution in [0.5, 0.6) is 0 Å². The van der Waals surface area contributed by atoms with Crippen LogP contribution in [0.1, 0.15) is 19.4 Å². The van der Waals surface area contributed by atoms with Crippen molar-refractivity contribution in [2.45, 2.75) is 22.9 Å². The van der Waals surface area contributed by atoms with Gasteiger partial charge in [0.15, 0.2) is 4.34 Å². The summed E-state index contributed by atoms with van der Waals surface area (Å²) in [6.45, 7) is 4.09. The van der Waals surface area contributed by atoms with Gasteiger partial charge in [-0.25, -0.2) is 4.98 Å². The van der Waals surface area contributed by atoms with Crippen molar-refractivity contribution in [3.05, 3.63) is 60.2 Å². The number of rotatable bonds is 5. The van der Waals surface area contributed by atoms with Gasteiger partial charge in [-0.1, -0.05) is 54.2 Å². The summed E-state index contributed by atoms with van der Waals surface area (Å²) in [5.41, 5.74) is 1.88. The molecule has 0 saturated carbocycles. The number of thiazole rings is 1. The lowest BCUT2D eigenvalue weighted by atomic mass is 10.0. The van der Waals surface area contributed by atoms with E-state index >= 15 is 0 Å². The quantitative estimate of drug-likeness (QED) is 0.489. The van der Waals surface area contributed by atoms with Crippen LogP contribution in [0.25, 0.3) is 10.2 Å². The maximum Gasteiger partial charge on any atom is 0.326 e. The molecule has 0 fully saturated rings. The molecular weight excluding hydrogens is 326 g/mol. The minimum atomic E-state index is -0.814. The first kappa shape index (κ1) is 16.0. The molecule has 1 atom stereocenters. The molecule has 0 N–H and O–H groups in total. The van der Waals surface area contributed by atoms with Gasteiger partial charge in [-0.05, 0) is 31.5 Å². The van der Waals surface area contributed by atoms with E-state index in [4.69, 9.17) is 4.74 Å². The van der Waals surface area contributed by atoms with Gasteiger partial charge in [-0.3, -0.25) is 4.79 Å². The van der Waals surface area contributed by atoms with E-state index < -0.39 is 4.75 Å². The molecule has 1 heterocycles. The monoisotopic (exact) mass is 343 g/mol. The Kier molecular flexibility index (Phi) is 4.68. The number of carbonyl (C=O) groups excluding carboxylic acids is 1. The largest absolute Gasteiger partial charge is 0.465 e. The molecule has 0 amide bonds. The molecule has 0 saturated heterocycles. The Labute approximate surface area is 143 Å². The molecule has 0 spiro atoms. The fourth-order valence-electron chi connectivity index (χ4n) is 2.31. The molecule has 3 rings (SSSR count). The van der Waals surface area contributed by atoms with Crippen LogP contribution in [0.3, 0.4) is 0 Å². The molecule has 3 nitrogen and oxygen atoms in total. The van der Waals surface area contributed by atoms with E-state index in [1.165, 1.54) is 11.8 Å². The van der Waals surface area contributed by atoms with Crippen LogP contribution < -0.4 is 0 Å². The molecule has 5 heteroatoms. The van der Waals surface area contributed by atoms with E-state index in [1.807, 2.05) is 68.4 Å². The van der Waals surface area contributed by atoms with Gasteiger partial charge in [-0.2, -0.15) is 0 Å². The molecule has 1 unspecified atom stereocenters. The second-order valence-electron chi connectivity index (χ2n) is 5.17. The first-order chi connectivity index (χ1) is 11.1. The number of para-hydroxylation sites is 1. The third-order valence-corrected chi connectivity index (χ3v) is 5.96. The van der Waals surface area contributed by atoms with Gasteiger partial charge >= 0.3 is 5.97 Å². The first-order valence-corrected chi connectivity index (χ1v) is 9.04. The van der Waals surface area contributed by atoms with Gasteiger partial charge in [0, 0.05) is 0 Å². The number of hydrogen-bond acceptors (Lipinski definition) is 5. The maximum atomic E-state index is 12.6. The molecule has 0 bridgehead atoms. The summed E-state index contributed by atoms with van der Waals surface area (Å²) in [6, 6.07) is 17.7. The minimum Gasteiger partial charge on any atom is -0.465 e. The van der Waals surface area contributed by atoms with Crippen LogP contribution >= 0.6 is 23.1 Å². The predicted octanol–water partition coefficient (Wildman–Crippen LogP) is 4.87. The third kappa shape index (κ3) is 3.26. The molecule has 23 heavy (non-hydrogen) atoms. The highest BCUT2D eigenvalue weighted by Crippen LogP contribution is 2.44. The third-order valence-electron chi connectivity index (χ3n) is 3.56. The molecule has 3 aromatic rings. The molecule has 1 aromatic heterocycles. The number of nitrogens with zero attached hydrogens (tertiary/aromatic N) is 1. The van der Waals surface area contributed by atoms with E-state index in [0.29, 0.717) is 6.61 Å². The molecule has 0 aliphatic heterocycles. The number of aromatic nitrogens is 1. The Bertz CT molecular complexity index is 783. The zero-order valence-electron chi connectivity index (χ0n) is 13.0. The second-order valence-corrected chi connectivity index (χ2v) is 7.87. The van der Waals surface area contributed by atoms with Crippen LogP contribution in [-0.2, 0) is 14.3 Å². The number of esters is 1. The fourth-order valence-corrected chi connectivity index (χ4v) is 4.84. The zero-order valence-corrected chi connectivity index (χ0v) is 14.6.